The zero-order valence-corrected chi connectivity index (χ0v) is 9.01. The molecule has 1 aromatic carbocycles. The fourth-order valence-corrected chi connectivity index (χ4v) is 1.44. The number of benzene rings is 1. The molecule has 17 heavy (non-hydrogen) atoms. The third-order valence-corrected chi connectivity index (χ3v) is 2.29. The molecule has 0 radical (unpaired) electrons. The Morgan fingerprint density at radius 3 is 2.94 bits per heavy atom. The van der Waals surface area contributed by atoms with Crippen LogP contribution in [-0.2, 0) is 0 Å². The lowest BCUT2D eigenvalue weighted by Crippen LogP contribution is -2.11. The van der Waals surface area contributed by atoms with Crippen molar-refractivity contribution in [2.24, 2.45) is 5.73 Å². The highest BCUT2D eigenvalue weighted by Crippen LogP contribution is 2.31. The third kappa shape index (κ3) is 1.92. The van der Waals surface area contributed by atoms with Crippen LogP contribution in [0.5, 0.6) is 11.5 Å². The quantitative estimate of drug-likeness (QED) is 0.830. The second-order valence-corrected chi connectivity index (χ2v) is 3.33. The first-order valence-corrected chi connectivity index (χ1v) is 4.75. The lowest BCUT2D eigenvalue weighted by Gasteiger charge is -2.05. The van der Waals surface area contributed by atoms with Gasteiger partial charge in [0, 0.05) is 5.56 Å². The Hall–Kier alpha value is -2.50. The largest absolute Gasteiger partial charge is 0.504 e. The summed E-state index contributed by atoms with van der Waals surface area (Å²) in [5, 5.41) is 13.2. The molecule has 0 aliphatic heterocycles. The van der Waals surface area contributed by atoms with Crippen molar-refractivity contribution in [3.8, 4) is 22.8 Å². The molecule has 3 N–H and O–H groups in total. The number of phenolic OH excluding ortho intramolecular Hbond substituents is 1. The van der Waals surface area contributed by atoms with Gasteiger partial charge in [0.25, 0.3) is 5.91 Å². The van der Waals surface area contributed by atoms with Gasteiger partial charge in [-0.1, -0.05) is 5.16 Å². The first-order valence-electron chi connectivity index (χ1n) is 4.75. The van der Waals surface area contributed by atoms with E-state index in [9.17, 15) is 9.90 Å². The van der Waals surface area contributed by atoms with E-state index in [1.807, 2.05) is 0 Å². The van der Waals surface area contributed by atoms with Crippen LogP contribution in [0.25, 0.3) is 11.3 Å². The van der Waals surface area contributed by atoms with Crippen LogP contribution in [0.1, 0.15) is 10.4 Å². The number of carbonyl (C=O) groups excluding carboxylic acids is 1. The number of hydrogen-bond donors (Lipinski definition) is 2. The molecule has 0 spiro atoms. The number of rotatable bonds is 3. The van der Waals surface area contributed by atoms with Gasteiger partial charge in [-0.15, -0.1) is 0 Å². The smallest absolute Gasteiger partial charge is 0.254 e. The van der Waals surface area contributed by atoms with Crippen molar-refractivity contribution in [1.29, 1.82) is 0 Å². The molecule has 0 saturated heterocycles. The standard InChI is InChI=1S/C11H10N2O4/c1-16-9-4-6(2-3-8(9)14)10-7(11(12)15)5-17-13-10/h2-5,14H,1H3,(H2,12,15). The van der Waals surface area contributed by atoms with Gasteiger partial charge in [-0.25, -0.2) is 0 Å². The minimum atomic E-state index is -0.631. The summed E-state index contributed by atoms with van der Waals surface area (Å²) in [5.41, 5.74) is 6.24. The second kappa shape index (κ2) is 4.17. The monoisotopic (exact) mass is 234 g/mol. The van der Waals surface area contributed by atoms with Crippen LogP contribution in [0.2, 0.25) is 0 Å². The van der Waals surface area contributed by atoms with Crippen molar-refractivity contribution in [2.75, 3.05) is 7.11 Å². The summed E-state index contributed by atoms with van der Waals surface area (Å²) in [6.45, 7) is 0. The number of carbonyl (C=O) groups is 1. The van der Waals surface area contributed by atoms with Gasteiger partial charge in [-0.3, -0.25) is 4.79 Å². The third-order valence-electron chi connectivity index (χ3n) is 2.29. The molecular weight excluding hydrogens is 224 g/mol. The maximum Gasteiger partial charge on any atom is 0.254 e. The second-order valence-electron chi connectivity index (χ2n) is 3.33. The Labute approximate surface area is 96.6 Å². The molecule has 1 amide bonds. The Morgan fingerprint density at radius 1 is 1.53 bits per heavy atom. The van der Waals surface area contributed by atoms with E-state index in [1.54, 1.807) is 12.1 Å². The average Bonchev–Trinajstić information content (AvgIpc) is 2.78. The van der Waals surface area contributed by atoms with Gasteiger partial charge in [0.15, 0.2) is 11.5 Å². The number of methoxy groups -OCH3 is 1. The number of primary amides is 1. The van der Waals surface area contributed by atoms with Crippen molar-refractivity contribution in [2.45, 2.75) is 0 Å². The van der Waals surface area contributed by atoms with Crippen LogP contribution in [-0.4, -0.2) is 23.3 Å². The predicted octanol–water partition coefficient (Wildman–Crippen LogP) is 1.15. The molecule has 0 bridgehead atoms. The minimum absolute atomic E-state index is 0.000342. The predicted molar refractivity (Wildman–Crippen MR) is 58.7 cm³/mol. The molecule has 1 heterocycles. The number of nitrogens with two attached hydrogens (primary N) is 1. The molecule has 0 aliphatic carbocycles. The van der Waals surface area contributed by atoms with Gasteiger partial charge in [0.2, 0.25) is 0 Å². The summed E-state index contributed by atoms with van der Waals surface area (Å²) in [5.74, 6) is -0.352. The van der Waals surface area contributed by atoms with Crippen molar-refractivity contribution >= 4 is 5.91 Å². The van der Waals surface area contributed by atoms with E-state index in [-0.39, 0.29) is 17.1 Å². The van der Waals surface area contributed by atoms with Crippen LogP contribution in [0.4, 0.5) is 0 Å². The van der Waals surface area contributed by atoms with E-state index in [4.69, 9.17) is 15.0 Å². The van der Waals surface area contributed by atoms with E-state index in [2.05, 4.69) is 5.16 Å². The molecule has 0 aliphatic rings. The van der Waals surface area contributed by atoms with Crippen molar-refractivity contribution in [1.82, 2.24) is 5.16 Å². The van der Waals surface area contributed by atoms with E-state index >= 15 is 0 Å². The fraction of sp³-hybridized carbons (Fsp3) is 0.0909. The van der Waals surface area contributed by atoms with Crippen LogP contribution >= 0.6 is 0 Å². The highest BCUT2D eigenvalue weighted by molar-refractivity contribution is 5.98. The van der Waals surface area contributed by atoms with Crippen molar-refractivity contribution in [3.05, 3.63) is 30.0 Å². The number of aromatic hydroxyl groups is 1. The first-order chi connectivity index (χ1) is 8.13. The molecule has 0 fully saturated rings. The Balaban J connectivity index is 2.53. The van der Waals surface area contributed by atoms with Crippen LogP contribution in [0, 0.1) is 0 Å². The lowest BCUT2D eigenvalue weighted by atomic mass is 10.1. The maximum absolute atomic E-state index is 11.1. The van der Waals surface area contributed by atoms with E-state index in [0.29, 0.717) is 11.3 Å². The fourth-order valence-electron chi connectivity index (χ4n) is 1.44. The molecule has 2 aromatic rings. The molecule has 0 unspecified atom stereocenters. The highest BCUT2D eigenvalue weighted by Gasteiger charge is 2.16. The molecule has 88 valence electrons. The van der Waals surface area contributed by atoms with Gasteiger partial charge >= 0.3 is 0 Å². The normalized spacial score (nSPS) is 10.2. The lowest BCUT2D eigenvalue weighted by molar-refractivity contribution is 0.1000. The van der Waals surface area contributed by atoms with Gasteiger partial charge in [-0.05, 0) is 18.2 Å². The summed E-state index contributed by atoms with van der Waals surface area (Å²) in [7, 11) is 1.43. The summed E-state index contributed by atoms with van der Waals surface area (Å²) >= 11 is 0. The molecule has 0 atom stereocenters. The Kier molecular flexibility index (Phi) is 2.70. The van der Waals surface area contributed by atoms with E-state index in [0.717, 1.165) is 0 Å². The summed E-state index contributed by atoms with van der Waals surface area (Å²) in [4.78, 5) is 11.1. The van der Waals surface area contributed by atoms with Gasteiger partial charge in [0.1, 0.15) is 17.5 Å². The van der Waals surface area contributed by atoms with Crippen LogP contribution in [0.15, 0.2) is 29.0 Å². The maximum atomic E-state index is 11.1. The van der Waals surface area contributed by atoms with Crippen molar-refractivity contribution < 1.29 is 19.2 Å². The van der Waals surface area contributed by atoms with E-state index < -0.39 is 5.91 Å². The highest BCUT2D eigenvalue weighted by atomic mass is 16.5. The number of hydrogen-bond acceptors (Lipinski definition) is 5. The number of nitrogens with zero attached hydrogens (tertiary/aromatic N) is 1. The number of ether oxygens (including phenoxy) is 1. The Bertz CT molecular complexity index is 562. The summed E-state index contributed by atoms with van der Waals surface area (Å²) in [6, 6.07) is 4.56. The van der Waals surface area contributed by atoms with Crippen molar-refractivity contribution in [3.63, 3.8) is 0 Å². The van der Waals surface area contributed by atoms with Crippen LogP contribution < -0.4 is 10.5 Å². The zero-order valence-electron chi connectivity index (χ0n) is 9.01. The minimum Gasteiger partial charge on any atom is -0.504 e. The molecule has 1 aromatic heterocycles. The topological polar surface area (TPSA) is 98.6 Å². The first kappa shape index (κ1) is 11.0. The molecule has 6 heteroatoms. The SMILES string of the molecule is COc1cc(-c2nocc2C(N)=O)ccc1O. The van der Waals surface area contributed by atoms with E-state index in [1.165, 1.54) is 19.4 Å². The van der Waals surface area contributed by atoms with Gasteiger partial charge < -0.3 is 20.1 Å². The average molecular weight is 234 g/mol. The van der Waals surface area contributed by atoms with Crippen LogP contribution in [0.3, 0.4) is 0 Å². The van der Waals surface area contributed by atoms with Gasteiger partial charge in [0.05, 0.1) is 7.11 Å². The Morgan fingerprint density at radius 2 is 2.29 bits per heavy atom. The number of amides is 1. The molecule has 0 saturated carbocycles. The summed E-state index contributed by atoms with van der Waals surface area (Å²) in [6.07, 6.45) is 1.18. The summed E-state index contributed by atoms with van der Waals surface area (Å²) < 4.78 is 9.67. The molecular formula is C11H10N2O4. The van der Waals surface area contributed by atoms with Gasteiger partial charge in [-0.2, -0.15) is 0 Å². The number of aromatic nitrogens is 1. The zero-order chi connectivity index (χ0) is 12.4. The molecule has 2 rings (SSSR count). The molecule has 6 nitrogen and oxygen atoms in total. The number of phenols is 1.